The Balaban J connectivity index is 0.00000334. The third-order valence-corrected chi connectivity index (χ3v) is 5.47. The SMILES string of the molecule is CC.CNC(=O)[C@@](C)(C(=O)NO)N(C)C(=O)c1ccc(C#Cc2ccc(CCOC(C)(C)O)cc2)cc1. The number of nitrogens with zero attached hydrogens (tertiary/aromatic N) is 1. The van der Waals surface area contributed by atoms with E-state index in [2.05, 4.69) is 17.2 Å². The molecule has 4 N–H and O–H groups in total. The Bertz CT molecular complexity index is 1090. The van der Waals surface area contributed by atoms with Crippen molar-refractivity contribution in [2.24, 2.45) is 0 Å². The molecule has 0 aliphatic heterocycles. The number of benzene rings is 2. The lowest BCUT2D eigenvalue weighted by Crippen LogP contribution is -2.64. The maximum absolute atomic E-state index is 12.9. The van der Waals surface area contributed by atoms with Crippen molar-refractivity contribution in [2.75, 3.05) is 20.7 Å². The van der Waals surface area contributed by atoms with Gasteiger partial charge >= 0.3 is 0 Å². The second-order valence-corrected chi connectivity index (χ2v) is 8.53. The van der Waals surface area contributed by atoms with Crippen LogP contribution < -0.4 is 10.8 Å². The van der Waals surface area contributed by atoms with Crippen molar-refractivity contribution >= 4 is 17.7 Å². The van der Waals surface area contributed by atoms with Crippen molar-refractivity contribution in [1.29, 1.82) is 0 Å². The van der Waals surface area contributed by atoms with Crippen LogP contribution in [0.3, 0.4) is 0 Å². The fourth-order valence-electron chi connectivity index (χ4n) is 3.17. The average molecular weight is 512 g/mol. The molecule has 1 atom stereocenters. The van der Waals surface area contributed by atoms with Gasteiger partial charge in [-0.05, 0) is 69.2 Å². The highest BCUT2D eigenvalue weighted by Crippen LogP contribution is 2.18. The average Bonchev–Trinajstić information content (AvgIpc) is 2.91. The number of carbonyl (C=O) groups is 3. The molecule has 2 aromatic carbocycles. The van der Waals surface area contributed by atoms with E-state index < -0.39 is 29.0 Å². The molecule has 37 heavy (non-hydrogen) atoms. The summed E-state index contributed by atoms with van der Waals surface area (Å²) in [5.74, 6) is 2.57. The first kappa shape index (κ1) is 31.3. The number of carbonyl (C=O) groups excluding carboxylic acids is 3. The summed E-state index contributed by atoms with van der Waals surface area (Å²) in [6.45, 7) is 8.82. The molecule has 0 fully saturated rings. The molecule has 0 aliphatic rings. The normalized spacial score (nSPS) is 12.0. The predicted octanol–water partition coefficient (Wildman–Crippen LogP) is 2.48. The van der Waals surface area contributed by atoms with E-state index in [1.165, 1.54) is 26.5 Å². The molecule has 2 rings (SSSR count). The van der Waals surface area contributed by atoms with E-state index in [4.69, 9.17) is 9.94 Å². The van der Waals surface area contributed by atoms with Gasteiger partial charge in [0.1, 0.15) is 0 Å². The number of ether oxygens (including phenoxy) is 1. The third kappa shape index (κ3) is 8.72. The Morgan fingerprint density at radius 1 is 0.919 bits per heavy atom. The highest BCUT2D eigenvalue weighted by Gasteiger charge is 2.47. The van der Waals surface area contributed by atoms with Crippen LogP contribution in [0.5, 0.6) is 0 Å². The van der Waals surface area contributed by atoms with E-state index >= 15 is 0 Å². The first-order chi connectivity index (χ1) is 17.4. The van der Waals surface area contributed by atoms with E-state index in [0.717, 1.165) is 16.0 Å². The first-order valence-electron chi connectivity index (χ1n) is 11.9. The second-order valence-electron chi connectivity index (χ2n) is 8.53. The Kier molecular flexibility index (Phi) is 12.0. The van der Waals surface area contributed by atoms with Crippen LogP contribution in [-0.2, 0) is 20.7 Å². The van der Waals surface area contributed by atoms with Gasteiger partial charge in [-0.15, -0.1) is 0 Å². The first-order valence-corrected chi connectivity index (χ1v) is 11.9. The quantitative estimate of drug-likeness (QED) is 0.142. The summed E-state index contributed by atoms with van der Waals surface area (Å²) in [4.78, 5) is 38.3. The summed E-state index contributed by atoms with van der Waals surface area (Å²) in [5, 5.41) is 21.0. The molecule has 0 saturated heterocycles. The van der Waals surface area contributed by atoms with E-state index in [1.807, 2.05) is 38.1 Å². The zero-order valence-electron chi connectivity index (χ0n) is 22.5. The van der Waals surface area contributed by atoms with Crippen LogP contribution in [0, 0.1) is 11.8 Å². The summed E-state index contributed by atoms with van der Waals surface area (Å²) >= 11 is 0. The number of rotatable bonds is 8. The van der Waals surface area contributed by atoms with Crippen molar-refractivity contribution in [2.45, 2.75) is 52.4 Å². The highest BCUT2D eigenvalue weighted by atomic mass is 16.6. The Hall–Kier alpha value is -3.71. The number of nitrogens with one attached hydrogen (secondary N) is 2. The molecule has 3 amide bonds. The summed E-state index contributed by atoms with van der Waals surface area (Å²) in [5.41, 5.74) is 2.28. The minimum Gasteiger partial charge on any atom is -0.366 e. The smallest absolute Gasteiger partial charge is 0.278 e. The Morgan fingerprint density at radius 3 is 1.84 bits per heavy atom. The number of hydroxylamine groups is 1. The minimum atomic E-state index is -1.95. The molecule has 0 saturated carbocycles. The minimum absolute atomic E-state index is 0.247. The standard InChI is InChI=1S/C26H31N3O6.C2H6/c1-25(2,33)35-17-16-20-10-8-18(9-11-20)6-7-19-12-14-21(15-13-19)22(30)29(5)26(3,23(31)27-4)24(32)28-34;1-2/h8-15,33-34H,16-17H2,1-5H3,(H,27,31)(H,28,32);1-2H3/t26-;/m0./s1. The summed E-state index contributed by atoms with van der Waals surface area (Å²) in [7, 11) is 2.64. The molecule has 0 unspecified atom stereocenters. The molecule has 2 aromatic rings. The second kappa shape index (κ2) is 14.1. The zero-order chi connectivity index (χ0) is 28.2. The molecule has 9 nitrogen and oxygen atoms in total. The Morgan fingerprint density at radius 2 is 1.41 bits per heavy atom. The van der Waals surface area contributed by atoms with Crippen LogP contribution in [0.15, 0.2) is 48.5 Å². The van der Waals surface area contributed by atoms with E-state index in [0.29, 0.717) is 18.6 Å². The number of aliphatic hydroxyl groups is 1. The summed E-state index contributed by atoms with van der Waals surface area (Å²) in [6.07, 6.45) is 0.667. The van der Waals surface area contributed by atoms with Crippen molar-refractivity contribution in [1.82, 2.24) is 15.7 Å². The van der Waals surface area contributed by atoms with Crippen molar-refractivity contribution in [3.05, 3.63) is 70.8 Å². The number of amides is 3. The van der Waals surface area contributed by atoms with Gasteiger partial charge in [0.15, 0.2) is 11.3 Å². The molecule has 0 spiro atoms. The lowest BCUT2D eigenvalue weighted by atomic mass is 9.96. The summed E-state index contributed by atoms with van der Waals surface area (Å²) in [6, 6.07) is 14.1. The molecule has 0 radical (unpaired) electrons. The van der Waals surface area contributed by atoms with Gasteiger partial charge in [0.25, 0.3) is 17.7 Å². The van der Waals surface area contributed by atoms with Gasteiger partial charge in [-0.1, -0.05) is 37.8 Å². The molecular weight excluding hydrogens is 474 g/mol. The molecule has 9 heteroatoms. The fourth-order valence-corrected chi connectivity index (χ4v) is 3.17. The van der Waals surface area contributed by atoms with Gasteiger partial charge in [-0.3, -0.25) is 19.6 Å². The maximum atomic E-state index is 12.9. The Labute approximate surface area is 218 Å². The van der Waals surface area contributed by atoms with Gasteiger partial charge in [-0.2, -0.15) is 0 Å². The maximum Gasteiger partial charge on any atom is 0.278 e. The molecule has 200 valence electrons. The highest BCUT2D eigenvalue weighted by molar-refractivity contribution is 6.12. The van der Waals surface area contributed by atoms with Gasteiger partial charge in [0, 0.05) is 30.8 Å². The van der Waals surface area contributed by atoms with Crippen LogP contribution >= 0.6 is 0 Å². The molecular formula is C28H37N3O6. The molecule has 0 heterocycles. The van der Waals surface area contributed by atoms with E-state index in [-0.39, 0.29) is 5.56 Å². The van der Waals surface area contributed by atoms with E-state index in [1.54, 1.807) is 38.1 Å². The van der Waals surface area contributed by atoms with Gasteiger partial charge in [-0.25, -0.2) is 5.48 Å². The van der Waals surface area contributed by atoms with Crippen molar-refractivity contribution in [3.8, 4) is 11.8 Å². The number of likely N-dealkylation sites (N-methyl/N-ethyl adjacent to an activating group) is 2. The third-order valence-electron chi connectivity index (χ3n) is 5.47. The van der Waals surface area contributed by atoms with Gasteiger partial charge < -0.3 is 20.1 Å². The largest absolute Gasteiger partial charge is 0.366 e. The topological polar surface area (TPSA) is 128 Å². The molecule has 0 aromatic heterocycles. The van der Waals surface area contributed by atoms with Gasteiger partial charge in [0.2, 0.25) is 0 Å². The fraction of sp³-hybridized carbons (Fsp3) is 0.393. The number of hydrogen-bond donors (Lipinski definition) is 4. The van der Waals surface area contributed by atoms with Crippen molar-refractivity contribution < 1.29 is 29.4 Å². The predicted molar refractivity (Wildman–Crippen MR) is 141 cm³/mol. The number of hydrogen-bond acceptors (Lipinski definition) is 6. The van der Waals surface area contributed by atoms with E-state index in [9.17, 15) is 19.5 Å². The van der Waals surface area contributed by atoms with Crippen LogP contribution in [0.1, 0.15) is 61.7 Å². The van der Waals surface area contributed by atoms with Crippen LogP contribution in [0.25, 0.3) is 0 Å². The lowest BCUT2D eigenvalue weighted by molar-refractivity contribution is -0.175. The zero-order valence-corrected chi connectivity index (χ0v) is 22.5. The lowest BCUT2D eigenvalue weighted by Gasteiger charge is -2.34. The van der Waals surface area contributed by atoms with Crippen molar-refractivity contribution in [3.63, 3.8) is 0 Å². The van der Waals surface area contributed by atoms with Crippen LogP contribution in [0.2, 0.25) is 0 Å². The molecule has 0 aliphatic carbocycles. The van der Waals surface area contributed by atoms with Crippen LogP contribution in [0.4, 0.5) is 0 Å². The summed E-state index contributed by atoms with van der Waals surface area (Å²) < 4.78 is 5.31. The molecule has 0 bridgehead atoms. The monoisotopic (exact) mass is 511 g/mol. The van der Waals surface area contributed by atoms with Gasteiger partial charge in [0.05, 0.1) is 6.61 Å². The van der Waals surface area contributed by atoms with Crippen LogP contribution in [-0.4, -0.2) is 65.0 Å².